The predicted molar refractivity (Wildman–Crippen MR) is 107 cm³/mol. The van der Waals surface area contributed by atoms with Gasteiger partial charge in [-0.05, 0) is 54.8 Å². The molecule has 0 radical (unpaired) electrons. The summed E-state index contributed by atoms with van der Waals surface area (Å²) >= 11 is 6.09. The molecule has 2 aromatic carbocycles. The van der Waals surface area contributed by atoms with E-state index in [1.165, 1.54) is 18.3 Å². The Labute approximate surface area is 162 Å². The normalized spacial score (nSPS) is 10.5. The molecule has 1 amide bonds. The van der Waals surface area contributed by atoms with Crippen LogP contribution >= 0.6 is 11.6 Å². The number of benzene rings is 2. The van der Waals surface area contributed by atoms with E-state index >= 15 is 0 Å². The molecule has 2 N–H and O–H groups in total. The lowest BCUT2D eigenvalue weighted by molar-refractivity contribution is 0.102. The molecule has 0 aliphatic heterocycles. The van der Waals surface area contributed by atoms with Crippen LogP contribution in [0.4, 0.5) is 15.8 Å². The summed E-state index contributed by atoms with van der Waals surface area (Å²) in [5.41, 5.74) is 3.70. The fourth-order valence-electron chi connectivity index (χ4n) is 2.60. The summed E-state index contributed by atoms with van der Waals surface area (Å²) < 4.78 is 12.9. The monoisotopic (exact) mass is 383 g/mol. The van der Waals surface area contributed by atoms with Crippen LogP contribution in [0.1, 0.15) is 21.5 Å². The highest BCUT2D eigenvalue weighted by atomic mass is 35.5. The summed E-state index contributed by atoms with van der Waals surface area (Å²) in [6, 6.07) is 13.5. The number of carbonyl (C=O) groups is 1. The maximum atomic E-state index is 12.9. The molecule has 27 heavy (non-hydrogen) atoms. The van der Waals surface area contributed by atoms with E-state index in [0.29, 0.717) is 22.8 Å². The Morgan fingerprint density at radius 1 is 1.15 bits per heavy atom. The molecule has 0 atom stereocenters. The number of hydrogen-bond acceptors (Lipinski definition) is 3. The number of nitrogens with one attached hydrogen (secondary N) is 2. The number of rotatable bonds is 6. The molecular formula is C21H19ClFN3O. The van der Waals surface area contributed by atoms with Gasteiger partial charge in [0, 0.05) is 29.6 Å². The average Bonchev–Trinajstić information content (AvgIpc) is 2.67. The number of carbonyl (C=O) groups excluding carboxylic acids is 1. The van der Waals surface area contributed by atoms with Crippen LogP contribution in [0.15, 0.2) is 60.9 Å². The number of nitrogens with zero attached hydrogens (tertiary/aromatic N) is 1. The summed E-state index contributed by atoms with van der Waals surface area (Å²) in [6.45, 7) is 2.50. The van der Waals surface area contributed by atoms with Crippen LogP contribution in [0.25, 0.3) is 0 Å². The highest BCUT2D eigenvalue weighted by Crippen LogP contribution is 2.23. The molecule has 0 saturated heterocycles. The van der Waals surface area contributed by atoms with Gasteiger partial charge in [0.25, 0.3) is 5.91 Å². The molecule has 0 fully saturated rings. The van der Waals surface area contributed by atoms with Gasteiger partial charge in [0.1, 0.15) is 5.82 Å². The quantitative estimate of drug-likeness (QED) is 0.623. The van der Waals surface area contributed by atoms with Crippen molar-refractivity contribution >= 4 is 28.9 Å². The first-order valence-corrected chi connectivity index (χ1v) is 8.90. The van der Waals surface area contributed by atoms with Gasteiger partial charge in [0.05, 0.1) is 11.3 Å². The van der Waals surface area contributed by atoms with E-state index < -0.39 is 0 Å². The Morgan fingerprint density at radius 3 is 2.70 bits per heavy atom. The zero-order valence-electron chi connectivity index (χ0n) is 14.8. The largest absolute Gasteiger partial charge is 0.383 e. The lowest BCUT2D eigenvalue weighted by Gasteiger charge is -2.11. The summed E-state index contributed by atoms with van der Waals surface area (Å²) in [6.07, 6.45) is 3.91. The maximum Gasteiger partial charge on any atom is 0.257 e. The minimum Gasteiger partial charge on any atom is -0.383 e. The molecule has 138 valence electrons. The number of pyridine rings is 1. The third-order valence-electron chi connectivity index (χ3n) is 4.17. The van der Waals surface area contributed by atoms with Crippen molar-refractivity contribution < 1.29 is 9.18 Å². The van der Waals surface area contributed by atoms with E-state index in [1.807, 2.05) is 6.92 Å². The molecule has 0 spiro atoms. The van der Waals surface area contributed by atoms with E-state index in [9.17, 15) is 9.18 Å². The van der Waals surface area contributed by atoms with Crippen molar-refractivity contribution in [2.24, 2.45) is 0 Å². The van der Waals surface area contributed by atoms with Gasteiger partial charge < -0.3 is 10.6 Å². The van der Waals surface area contributed by atoms with Crippen molar-refractivity contribution in [3.05, 3.63) is 88.5 Å². The van der Waals surface area contributed by atoms with Crippen LogP contribution in [0.5, 0.6) is 0 Å². The highest BCUT2D eigenvalue weighted by molar-refractivity contribution is 6.31. The van der Waals surface area contributed by atoms with Gasteiger partial charge in [-0.25, -0.2) is 4.39 Å². The Morgan fingerprint density at radius 2 is 1.93 bits per heavy atom. The van der Waals surface area contributed by atoms with Crippen molar-refractivity contribution in [2.75, 3.05) is 17.2 Å². The second kappa shape index (κ2) is 8.64. The van der Waals surface area contributed by atoms with Crippen molar-refractivity contribution in [3.8, 4) is 0 Å². The third kappa shape index (κ3) is 5.05. The second-order valence-electron chi connectivity index (χ2n) is 6.13. The first kappa shape index (κ1) is 18.9. The van der Waals surface area contributed by atoms with Crippen LogP contribution in [-0.2, 0) is 6.42 Å². The first-order valence-electron chi connectivity index (χ1n) is 8.53. The average molecular weight is 384 g/mol. The predicted octanol–water partition coefficient (Wildman–Crippen LogP) is 5.09. The van der Waals surface area contributed by atoms with E-state index in [1.54, 1.807) is 42.6 Å². The Bertz CT molecular complexity index is 944. The van der Waals surface area contributed by atoms with Crippen molar-refractivity contribution in [3.63, 3.8) is 0 Å². The zero-order chi connectivity index (χ0) is 19.2. The third-order valence-corrected chi connectivity index (χ3v) is 4.58. The van der Waals surface area contributed by atoms with E-state index in [4.69, 9.17) is 11.6 Å². The van der Waals surface area contributed by atoms with Crippen LogP contribution in [0.2, 0.25) is 5.02 Å². The summed E-state index contributed by atoms with van der Waals surface area (Å²) in [7, 11) is 0. The summed E-state index contributed by atoms with van der Waals surface area (Å²) in [5, 5.41) is 6.68. The first-order chi connectivity index (χ1) is 13.0. The molecule has 1 heterocycles. The molecule has 3 rings (SSSR count). The van der Waals surface area contributed by atoms with Crippen molar-refractivity contribution in [1.29, 1.82) is 0 Å². The highest BCUT2D eigenvalue weighted by Gasteiger charge is 2.10. The van der Waals surface area contributed by atoms with Crippen LogP contribution in [-0.4, -0.2) is 17.4 Å². The second-order valence-corrected chi connectivity index (χ2v) is 6.54. The van der Waals surface area contributed by atoms with Gasteiger partial charge >= 0.3 is 0 Å². The minimum atomic E-state index is -0.255. The molecule has 0 saturated carbocycles. The van der Waals surface area contributed by atoms with E-state index in [2.05, 4.69) is 15.6 Å². The van der Waals surface area contributed by atoms with E-state index in [-0.39, 0.29) is 11.7 Å². The maximum absolute atomic E-state index is 12.9. The van der Waals surface area contributed by atoms with Gasteiger partial charge in [-0.1, -0.05) is 29.8 Å². The summed E-state index contributed by atoms with van der Waals surface area (Å²) in [4.78, 5) is 16.6. The molecule has 1 aromatic heterocycles. The standard InChI is InChI=1S/C21H19ClFN3O/c1-14-19(22)3-2-4-20(14)26-21(27)16-11-18(13-24-12-16)25-10-9-15-5-7-17(23)8-6-15/h2-8,11-13,25H,9-10H2,1H3,(H,26,27). The number of anilines is 2. The fraction of sp³-hybridized carbons (Fsp3) is 0.143. The fourth-order valence-corrected chi connectivity index (χ4v) is 2.77. The SMILES string of the molecule is Cc1c(Cl)cccc1NC(=O)c1cncc(NCCc2ccc(F)cc2)c1. The van der Waals surface area contributed by atoms with Gasteiger partial charge in [-0.3, -0.25) is 9.78 Å². The Hall–Kier alpha value is -2.92. The number of halogens is 2. The lowest BCUT2D eigenvalue weighted by atomic mass is 10.1. The molecule has 6 heteroatoms. The molecular weight excluding hydrogens is 365 g/mol. The topological polar surface area (TPSA) is 54.0 Å². The number of aromatic nitrogens is 1. The lowest BCUT2D eigenvalue weighted by Crippen LogP contribution is -2.14. The van der Waals surface area contributed by atoms with Gasteiger partial charge in [-0.15, -0.1) is 0 Å². The molecule has 0 unspecified atom stereocenters. The van der Waals surface area contributed by atoms with Gasteiger partial charge in [0.15, 0.2) is 0 Å². The van der Waals surface area contributed by atoms with Crippen molar-refractivity contribution in [1.82, 2.24) is 4.98 Å². The van der Waals surface area contributed by atoms with Crippen molar-refractivity contribution in [2.45, 2.75) is 13.3 Å². The Balaban J connectivity index is 1.61. The molecule has 0 bridgehead atoms. The van der Waals surface area contributed by atoms with Crippen LogP contribution in [0, 0.1) is 12.7 Å². The number of amides is 1. The van der Waals surface area contributed by atoms with Crippen LogP contribution < -0.4 is 10.6 Å². The number of hydrogen-bond donors (Lipinski definition) is 2. The Kier molecular flexibility index (Phi) is 6.04. The molecule has 3 aromatic rings. The molecule has 0 aliphatic rings. The molecule has 0 aliphatic carbocycles. The van der Waals surface area contributed by atoms with Crippen LogP contribution in [0.3, 0.4) is 0 Å². The van der Waals surface area contributed by atoms with E-state index in [0.717, 1.165) is 23.2 Å². The minimum absolute atomic E-state index is 0.246. The smallest absolute Gasteiger partial charge is 0.257 e. The zero-order valence-corrected chi connectivity index (χ0v) is 15.6. The van der Waals surface area contributed by atoms with Gasteiger partial charge in [0.2, 0.25) is 0 Å². The molecule has 4 nitrogen and oxygen atoms in total. The van der Waals surface area contributed by atoms with Gasteiger partial charge in [-0.2, -0.15) is 0 Å². The summed E-state index contributed by atoms with van der Waals surface area (Å²) in [5.74, 6) is -0.500.